The van der Waals surface area contributed by atoms with Gasteiger partial charge in [0.1, 0.15) is 5.65 Å². The third kappa shape index (κ3) is 2.81. The second-order valence-electron chi connectivity index (χ2n) is 8.76. The molecule has 1 aliphatic carbocycles. The van der Waals surface area contributed by atoms with Gasteiger partial charge in [-0.05, 0) is 42.2 Å². The van der Waals surface area contributed by atoms with E-state index in [1.807, 2.05) is 28.9 Å². The molecule has 2 atom stereocenters. The van der Waals surface area contributed by atoms with Crippen molar-refractivity contribution in [1.82, 2.24) is 14.3 Å². The van der Waals surface area contributed by atoms with Crippen LogP contribution in [0.15, 0.2) is 24.5 Å². The second-order valence-corrected chi connectivity index (χ2v) is 9.19. The van der Waals surface area contributed by atoms with E-state index in [2.05, 4.69) is 30.7 Å². The largest absolute Gasteiger partial charge is 0.339 e. The molecular weight excluding hydrogens is 322 g/mol. The molecule has 0 aromatic carbocycles. The first kappa shape index (κ1) is 15.9. The second kappa shape index (κ2) is 5.22. The highest BCUT2D eigenvalue weighted by atomic mass is 35.5. The van der Waals surface area contributed by atoms with E-state index < -0.39 is 0 Å². The number of likely N-dealkylation sites (tertiary alicyclic amines) is 1. The van der Waals surface area contributed by atoms with Crippen LogP contribution < -0.4 is 0 Å². The van der Waals surface area contributed by atoms with Gasteiger partial charge in [0, 0.05) is 25.0 Å². The van der Waals surface area contributed by atoms with Crippen molar-refractivity contribution in [3.05, 3.63) is 35.2 Å². The number of nitrogens with zero attached hydrogens (tertiary/aromatic N) is 3. The topological polar surface area (TPSA) is 37.6 Å². The zero-order valence-corrected chi connectivity index (χ0v) is 15.3. The van der Waals surface area contributed by atoms with E-state index in [1.165, 1.54) is 6.42 Å². The molecule has 1 amide bonds. The maximum Gasteiger partial charge on any atom is 0.228 e. The number of imidazole rings is 1. The number of halogens is 1. The van der Waals surface area contributed by atoms with E-state index >= 15 is 0 Å². The average molecular weight is 346 g/mol. The van der Waals surface area contributed by atoms with E-state index in [0.717, 1.165) is 30.7 Å². The summed E-state index contributed by atoms with van der Waals surface area (Å²) in [5, 5.41) is 0.668. The molecule has 2 fully saturated rings. The molecule has 1 saturated carbocycles. The molecule has 4 rings (SSSR count). The van der Waals surface area contributed by atoms with Crippen LogP contribution in [0.3, 0.4) is 0 Å². The number of amides is 1. The third-order valence-corrected chi connectivity index (χ3v) is 5.76. The van der Waals surface area contributed by atoms with Crippen molar-refractivity contribution in [2.24, 2.45) is 10.8 Å². The quantitative estimate of drug-likeness (QED) is 0.826. The molecule has 2 aromatic rings. The van der Waals surface area contributed by atoms with Crippen LogP contribution in [0.1, 0.15) is 45.7 Å². The molecule has 2 unspecified atom stereocenters. The van der Waals surface area contributed by atoms with Crippen LogP contribution in [0.4, 0.5) is 0 Å². The molecule has 2 bridgehead atoms. The summed E-state index contributed by atoms with van der Waals surface area (Å²) in [4.78, 5) is 19.6. The number of hydrogen-bond donors (Lipinski definition) is 0. The van der Waals surface area contributed by atoms with E-state index in [0.29, 0.717) is 22.9 Å². The number of rotatable bonds is 2. The molecule has 24 heavy (non-hydrogen) atoms. The Kier molecular flexibility index (Phi) is 3.47. The molecule has 0 radical (unpaired) electrons. The standard InChI is InChI=1S/C19H24ClN3O/c1-18(2)7-15-8-19(3,11-18)12-23(15)17(24)6-14-10-22-9-13(20)4-5-16(22)21-14/h4-5,9-10,15H,6-8,11-12H2,1-3H3. The monoisotopic (exact) mass is 345 g/mol. The summed E-state index contributed by atoms with van der Waals surface area (Å²) >= 11 is 6.02. The summed E-state index contributed by atoms with van der Waals surface area (Å²) in [7, 11) is 0. The lowest BCUT2D eigenvalue weighted by molar-refractivity contribution is -0.131. The molecule has 1 saturated heterocycles. The van der Waals surface area contributed by atoms with Crippen molar-refractivity contribution in [2.75, 3.05) is 6.54 Å². The zero-order chi connectivity index (χ0) is 17.1. The molecule has 0 spiro atoms. The van der Waals surface area contributed by atoms with Crippen LogP contribution in [0.5, 0.6) is 0 Å². The van der Waals surface area contributed by atoms with Crippen molar-refractivity contribution in [2.45, 2.75) is 52.5 Å². The highest BCUT2D eigenvalue weighted by Gasteiger charge is 2.50. The van der Waals surface area contributed by atoms with Gasteiger partial charge in [-0.2, -0.15) is 0 Å². The van der Waals surface area contributed by atoms with Gasteiger partial charge in [0.2, 0.25) is 5.91 Å². The van der Waals surface area contributed by atoms with Crippen LogP contribution in [-0.4, -0.2) is 32.8 Å². The first-order valence-electron chi connectivity index (χ1n) is 8.66. The van der Waals surface area contributed by atoms with Gasteiger partial charge in [0.15, 0.2) is 0 Å². The Labute approximate surface area is 147 Å². The molecule has 3 heterocycles. The van der Waals surface area contributed by atoms with Gasteiger partial charge in [0.05, 0.1) is 17.1 Å². The fourth-order valence-electron chi connectivity index (χ4n) is 5.11. The summed E-state index contributed by atoms with van der Waals surface area (Å²) in [6.45, 7) is 7.88. The van der Waals surface area contributed by atoms with E-state index in [-0.39, 0.29) is 11.3 Å². The average Bonchev–Trinajstić information content (AvgIpc) is 2.94. The van der Waals surface area contributed by atoms with Crippen molar-refractivity contribution in [3.63, 3.8) is 0 Å². The van der Waals surface area contributed by atoms with Gasteiger partial charge in [-0.1, -0.05) is 32.4 Å². The molecule has 0 N–H and O–H groups in total. The molecular formula is C19H24ClN3O. The molecule has 1 aliphatic heterocycles. The van der Waals surface area contributed by atoms with Gasteiger partial charge in [0.25, 0.3) is 0 Å². The van der Waals surface area contributed by atoms with Crippen LogP contribution in [0, 0.1) is 10.8 Å². The Morgan fingerprint density at radius 3 is 2.88 bits per heavy atom. The number of pyridine rings is 1. The Bertz CT molecular complexity index is 812. The van der Waals surface area contributed by atoms with Gasteiger partial charge in [-0.3, -0.25) is 4.79 Å². The van der Waals surface area contributed by atoms with Crippen molar-refractivity contribution in [3.8, 4) is 0 Å². The highest BCUT2D eigenvalue weighted by molar-refractivity contribution is 6.30. The minimum absolute atomic E-state index is 0.205. The van der Waals surface area contributed by atoms with Crippen molar-refractivity contribution < 1.29 is 4.79 Å². The summed E-state index contributed by atoms with van der Waals surface area (Å²) in [6.07, 6.45) is 7.55. The van der Waals surface area contributed by atoms with Gasteiger partial charge in [-0.15, -0.1) is 0 Å². The minimum atomic E-state index is 0.205. The Balaban J connectivity index is 1.54. The smallest absolute Gasteiger partial charge is 0.228 e. The minimum Gasteiger partial charge on any atom is -0.339 e. The number of carbonyl (C=O) groups excluding carboxylic acids is 1. The van der Waals surface area contributed by atoms with Crippen LogP contribution >= 0.6 is 11.6 Å². The van der Waals surface area contributed by atoms with Crippen molar-refractivity contribution in [1.29, 1.82) is 0 Å². The van der Waals surface area contributed by atoms with Crippen LogP contribution in [0.25, 0.3) is 5.65 Å². The fraction of sp³-hybridized carbons (Fsp3) is 0.579. The molecule has 2 aromatic heterocycles. The third-order valence-electron chi connectivity index (χ3n) is 5.53. The highest BCUT2D eigenvalue weighted by Crippen LogP contribution is 2.52. The maximum atomic E-state index is 12.9. The summed E-state index contributed by atoms with van der Waals surface area (Å²) < 4.78 is 1.89. The number of fused-ring (bicyclic) bond motifs is 3. The first-order chi connectivity index (χ1) is 11.2. The first-order valence-corrected chi connectivity index (χ1v) is 9.04. The Hall–Kier alpha value is -1.55. The van der Waals surface area contributed by atoms with Gasteiger partial charge in [-0.25, -0.2) is 4.98 Å². The summed E-state index contributed by atoms with van der Waals surface area (Å²) in [5.41, 5.74) is 2.24. The number of hydrogen-bond acceptors (Lipinski definition) is 2. The number of carbonyl (C=O) groups is 1. The molecule has 4 nitrogen and oxygen atoms in total. The predicted octanol–water partition coefficient (Wildman–Crippen LogP) is 3.96. The van der Waals surface area contributed by atoms with Crippen LogP contribution in [-0.2, 0) is 11.2 Å². The van der Waals surface area contributed by atoms with E-state index in [4.69, 9.17) is 11.6 Å². The van der Waals surface area contributed by atoms with E-state index in [1.54, 1.807) is 0 Å². The van der Waals surface area contributed by atoms with Crippen LogP contribution in [0.2, 0.25) is 5.02 Å². The molecule has 5 heteroatoms. The zero-order valence-electron chi connectivity index (χ0n) is 14.6. The van der Waals surface area contributed by atoms with Gasteiger partial charge >= 0.3 is 0 Å². The summed E-state index contributed by atoms with van der Waals surface area (Å²) in [6, 6.07) is 4.09. The SMILES string of the molecule is CC1(C)CC2CC(C)(CN2C(=O)Cc2cn3cc(Cl)ccc3n2)C1. The predicted molar refractivity (Wildman–Crippen MR) is 95.1 cm³/mol. The normalized spacial score (nSPS) is 28.5. The lowest BCUT2D eigenvalue weighted by Crippen LogP contribution is -2.38. The summed E-state index contributed by atoms with van der Waals surface area (Å²) in [5.74, 6) is 0.205. The molecule has 2 aliphatic rings. The van der Waals surface area contributed by atoms with E-state index in [9.17, 15) is 4.79 Å². The fourth-order valence-corrected chi connectivity index (χ4v) is 5.28. The molecule has 128 valence electrons. The lowest BCUT2D eigenvalue weighted by Gasteiger charge is -2.39. The Morgan fingerprint density at radius 2 is 2.08 bits per heavy atom. The number of aromatic nitrogens is 2. The van der Waals surface area contributed by atoms with Crippen molar-refractivity contribution >= 4 is 23.2 Å². The van der Waals surface area contributed by atoms with Gasteiger partial charge < -0.3 is 9.30 Å². The maximum absolute atomic E-state index is 12.9. The lowest BCUT2D eigenvalue weighted by atomic mass is 9.65. The Morgan fingerprint density at radius 1 is 1.29 bits per heavy atom.